The van der Waals surface area contributed by atoms with Crippen molar-refractivity contribution in [2.24, 2.45) is 17.3 Å². The van der Waals surface area contributed by atoms with Crippen molar-refractivity contribution >= 4 is 24.1 Å². The molecule has 2 saturated carbocycles. The molecule has 0 amide bonds. The Morgan fingerprint density at radius 2 is 1.48 bits per heavy atom. The van der Waals surface area contributed by atoms with Gasteiger partial charge in [0.15, 0.2) is 0 Å². The third-order valence-electron chi connectivity index (χ3n) is 9.51. The maximum absolute atomic E-state index is 12.7. The lowest BCUT2D eigenvalue weighted by atomic mass is 9.55. The normalized spacial score (nSPS) is 27.1. The van der Waals surface area contributed by atoms with Crippen LogP contribution in [0.4, 0.5) is 0 Å². The summed E-state index contributed by atoms with van der Waals surface area (Å²) in [6, 6.07) is 25.8. The van der Waals surface area contributed by atoms with Gasteiger partial charge in [-0.15, -0.1) is 0 Å². The van der Waals surface area contributed by atoms with E-state index in [1.807, 2.05) is 72.8 Å². The third kappa shape index (κ3) is 5.40. The predicted molar refractivity (Wildman–Crippen MR) is 158 cm³/mol. The maximum atomic E-state index is 12.7. The molecule has 0 spiro atoms. The number of hydrogen-bond acceptors (Lipinski definition) is 4. The minimum Gasteiger partial charge on any atom is -0.459 e. The van der Waals surface area contributed by atoms with Gasteiger partial charge in [0.1, 0.15) is 11.9 Å². The molecule has 0 radical (unpaired) electrons. The molecule has 4 heteroatoms. The van der Waals surface area contributed by atoms with E-state index in [0.717, 1.165) is 49.7 Å². The Hall–Kier alpha value is -3.92. The van der Waals surface area contributed by atoms with Crippen molar-refractivity contribution in [2.75, 3.05) is 0 Å². The van der Waals surface area contributed by atoms with Crippen LogP contribution in [0, 0.1) is 17.3 Å². The van der Waals surface area contributed by atoms with Crippen LogP contribution >= 0.6 is 0 Å². The standard InChI is InChI=1S/C36H36O4/c1-36-23-22-30-29-17-15-28(39-34(37)20-12-25-8-4-2-5-9-25)24-27(29)14-16-31(30)32(36)18-19-33(36)40-35(38)21-13-26-10-6-3-7-11-26/h2-13,15,17,20-21,24,30-33H,14,16,18-19,22-23H2,1H3/t30?,31?,32?,33?,36-/m0/s1. The molecule has 40 heavy (non-hydrogen) atoms. The van der Waals surface area contributed by atoms with Crippen molar-refractivity contribution in [1.82, 2.24) is 0 Å². The van der Waals surface area contributed by atoms with E-state index in [1.165, 1.54) is 17.2 Å². The molecule has 0 saturated heterocycles. The number of fused-ring (bicyclic) bond motifs is 5. The molecule has 6 rings (SSSR count). The fourth-order valence-corrected chi connectivity index (χ4v) is 7.55. The Morgan fingerprint density at radius 1 is 0.800 bits per heavy atom. The molecule has 0 heterocycles. The summed E-state index contributed by atoms with van der Waals surface area (Å²) in [6.45, 7) is 2.35. The second-order valence-electron chi connectivity index (χ2n) is 11.7. The van der Waals surface area contributed by atoms with Gasteiger partial charge in [-0.05, 0) is 103 Å². The Morgan fingerprint density at radius 3 is 2.17 bits per heavy atom. The zero-order chi connectivity index (χ0) is 27.5. The number of rotatable bonds is 6. The van der Waals surface area contributed by atoms with Crippen molar-refractivity contribution in [3.8, 4) is 5.75 Å². The lowest BCUT2D eigenvalue weighted by molar-refractivity contribution is -0.151. The number of ether oxygens (including phenoxy) is 2. The Bertz CT molecular complexity index is 1420. The molecular formula is C36H36O4. The second kappa shape index (κ2) is 11.3. The zero-order valence-electron chi connectivity index (χ0n) is 23.0. The van der Waals surface area contributed by atoms with Crippen molar-refractivity contribution < 1.29 is 19.1 Å². The highest BCUT2D eigenvalue weighted by atomic mass is 16.5. The van der Waals surface area contributed by atoms with Gasteiger partial charge in [-0.3, -0.25) is 0 Å². The molecule has 3 aromatic rings. The molecule has 204 valence electrons. The van der Waals surface area contributed by atoms with Crippen LogP contribution < -0.4 is 4.74 Å². The fourth-order valence-electron chi connectivity index (χ4n) is 7.55. The first-order valence-electron chi connectivity index (χ1n) is 14.5. The summed E-state index contributed by atoms with van der Waals surface area (Å²) in [5.41, 5.74) is 4.69. The van der Waals surface area contributed by atoms with Crippen LogP contribution in [0.3, 0.4) is 0 Å². The Balaban J connectivity index is 1.10. The van der Waals surface area contributed by atoms with Gasteiger partial charge in [0.25, 0.3) is 0 Å². The van der Waals surface area contributed by atoms with Crippen LogP contribution in [0.15, 0.2) is 91.0 Å². The summed E-state index contributed by atoms with van der Waals surface area (Å²) < 4.78 is 11.7. The highest BCUT2D eigenvalue weighted by Crippen LogP contribution is 2.61. The van der Waals surface area contributed by atoms with E-state index >= 15 is 0 Å². The largest absolute Gasteiger partial charge is 0.459 e. The first kappa shape index (κ1) is 26.3. The van der Waals surface area contributed by atoms with Gasteiger partial charge in [0, 0.05) is 17.6 Å². The predicted octanol–water partition coefficient (Wildman–Crippen LogP) is 7.79. The molecule has 5 atom stereocenters. The van der Waals surface area contributed by atoms with E-state index in [-0.39, 0.29) is 23.5 Å². The molecular weight excluding hydrogens is 496 g/mol. The highest BCUT2D eigenvalue weighted by Gasteiger charge is 2.56. The highest BCUT2D eigenvalue weighted by molar-refractivity contribution is 5.88. The summed E-state index contributed by atoms with van der Waals surface area (Å²) >= 11 is 0. The van der Waals surface area contributed by atoms with Gasteiger partial charge in [-0.1, -0.05) is 73.7 Å². The SMILES string of the molecule is C[C@]12CCC3c4ccc(OC(=O)C=Cc5ccccc5)cc4CCC3C1CCC2OC(=O)C=Cc1ccccc1. The second-order valence-corrected chi connectivity index (χ2v) is 11.7. The van der Waals surface area contributed by atoms with Crippen LogP contribution in [-0.4, -0.2) is 18.0 Å². The van der Waals surface area contributed by atoms with E-state index in [9.17, 15) is 9.59 Å². The molecule has 2 fully saturated rings. The molecule has 0 N–H and O–H groups in total. The van der Waals surface area contributed by atoms with Gasteiger partial charge in [0.2, 0.25) is 0 Å². The number of aryl methyl sites for hydroxylation is 1. The van der Waals surface area contributed by atoms with Crippen molar-refractivity contribution in [3.63, 3.8) is 0 Å². The fraction of sp³-hybridized carbons (Fsp3) is 0.333. The molecule has 3 aliphatic carbocycles. The van der Waals surface area contributed by atoms with Crippen LogP contribution in [0.2, 0.25) is 0 Å². The quantitative estimate of drug-likeness (QED) is 0.185. The van der Waals surface area contributed by atoms with Crippen LogP contribution in [0.5, 0.6) is 5.75 Å². The van der Waals surface area contributed by atoms with Gasteiger partial charge in [0.05, 0.1) is 0 Å². The van der Waals surface area contributed by atoms with Crippen LogP contribution in [0.25, 0.3) is 12.2 Å². The average molecular weight is 533 g/mol. The van der Waals surface area contributed by atoms with Gasteiger partial charge in [-0.25, -0.2) is 9.59 Å². The van der Waals surface area contributed by atoms with Gasteiger partial charge in [-0.2, -0.15) is 0 Å². The Labute approximate surface area is 236 Å². The monoisotopic (exact) mass is 532 g/mol. The first-order chi connectivity index (χ1) is 19.5. The molecule has 3 aromatic carbocycles. The van der Waals surface area contributed by atoms with E-state index in [2.05, 4.69) is 19.1 Å². The lowest BCUT2D eigenvalue weighted by Crippen LogP contribution is -2.45. The summed E-state index contributed by atoms with van der Waals surface area (Å²) in [5.74, 6) is 1.66. The van der Waals surface area contributed by atoms with E-state index in [0.29, 0.717) is 23.5 Å². The maximum Gasteiger partial charge on any atom is 0.336 e. The Kier molecular flexibility index (Phi) is 7.42. The molecule has 0 aromatic heterocycles. The molecule has 4 unspecified atom stereocenters. The lowest BCUT2D eigenvalue weighted by Gasteiger charge is -2.50. The van der Waals surface area contributed by atoms with Gasteiger partial charge >= 0.3 is 11.9 Å². The molecule has 3 aliphatic rings. The topological polar surface area (TPSA) is 52.6 Å². The zero-order valence-corrected chi connectivity index (χ0v) is 23.0. The first-order valence-corrected chi connectivity index (χ1v) is 14.5. The minimum atomic E-state index is -0.365. The minimum absolute atomic E-state index is 0.0233. The van der Waals surface area contributed by atoms with Crippen LogP contribution in [-0.2, 0) is 20.7 Å². The smallest absolute Gasteiger partial charge is 0.336 e. The molecule has 0 bridgehead atoms. The summed E-state index contributed by atoms with van der Waals surface area (Å²) in [5, 5.41) is 0. The third-order valence-corrected chi connectivity index (χ3v) is 9.51. The number of benzene rings is 3. The van der Waals surface area contributed by atoms with Crippen molar-refractivity contribution in [3.05, 3.63) is 113 Å². The summed E-state index contributed by atoms with van der Waals surface area (Å²) in [7, 11) is 0. The van der Waals surface area contributed by atoms with E-state index < -0.39 is 0 Å². The number of carbonyl (C=O) groups is 2. The van der Waals surface area contributed by atoms with Crippen molar-refractivity contribution in [1.29, 1.82) is 0 Å². The summed E-state index contributed by atoms with van der Waals surface area (Å²) in [6.07, 6.45) is 12.9. The molecule has 4 nitrogen and oxygen atoms in total. The van der Waals surface area contributed by atoms with E-state index in [4.69, 9.17) is 9.47 Å². The summed E-state index contributed by atoms with van der Waals surface area (Å²) in [4.78, 5) is 25.1. The number of esters is 2. The molecule has 0 aliphatic heterocycles. The number of hydrogen-bond donors (Lipinski definition) is 0. The number of carbonyl (C=O) groups excluding carboxylic acids is 2. The van der Waals surface area contributed by atoms with Crippen LogP contribution in [0.1, 0.15) is 67.2 Å². The van der Waals surface area contributed by atoms with Crippen molar-refractivity contribution in [2.45, 2.75) is 57.5 Å². The van der Waals surface area contributed by atoms with Gasteiger partial charge < -0.3 is 9.47 Å². The average Bonchev–Trinajstić information content (AvgIpc) is 3.31. The van der Waals surface area contributed by atoms with E-state index in [1.54, 1.807) is 12.2 Å².